The summed E-state index contributed by atoms with van der Waals surface area (Å²) in [5.74, 6) is 0.538. The predicted octanol–water partition coefficient (Wildman–Crippen LogP) is 4.89. The first-order chi connectivity index (χ1) is 13.4. The first-order valence-corrected chi connectivity index (χ1v) is 10.7. The minimum atomic E-state index is -3.83. The minimum Gasteiger partial charge on any atom is -0.495 e. The Morgan fingerprint density at radius 1 is 0.786 bits per heavy atom. The summed E-state index contributed by atoms with van der Waals surface area (Å²) in [6.07, 6.45) is 0. The Kier molecular flexibility index (Phi) is 6.17. The van der Waals surface area contributed by atoms with Crippen molar-refractivity contribution in [3.05, 3.63) is 95.6 Å². The van der Waals surface area contributed by atoms with Gasteiger partial charge in [-0.05, 0) is 34.7 Å². The number of sulfonamides is 1. The van der Waals surface area contributed by atoms with Gasteiger partial charge in [-0.25, -0.2) is 8.42 Å². The smallest absolute Gasteiger partial charge is 0.245 e. The number of nitrogens with one attached hydrogen (secondary N) is 1. The normalized spacial score (nSPS) is 11.8. The van der Waals surface area contributed by atoms with Gasteiger partial charge in [0, 0.05) is 0 Å². The zero-order valence-electron chi connectivity index (χ0n) is 16.3. The molecule has 0 aromatic heterocycles. The molecule has 0 radical (unpaired) electrons. The number of hydrogen-bond acceptors (Lipinski definition) is 3. The van der Waals surface area contributed by atoms with E-state index >= 15 is 0 Å². The average Bonchev–Trinajstić information content (AvgIpc) is 2.72. The molecule has 3 rings (SSSR count). The number of ether oxygens (including phenoxy) is 1. The molecule has 1 N–H and O–H groups in total. The Morgan fingerprint density at radius 2 is 1.32 bits per heavy atom. The van der Waals surface area contributed by atoms with Gasteiger partial charge in [-0.1, -0.05) is 80.6 Å². The van der Waals surface area contributed by atoms with Gasteiger partial charge in [0.25, 0.3) is 0 Å². The molecule has 3 aromatic rings. The van der Waals surface area contributed by atoms with Crippen molar-refractivity contribution < 1.29 is 13.2 Å². The van der Waals surface area contributed by atoms with Gasteiger partial charge in [-0.15, -0.1) is 0 Å². The van der Waals surface area contributed by atoms with Crippen molar-refractivity contribution in [3.8, 4) is 5.75 Å². The topological polar surface area (TPSA) is 55.4 Å². The van der Waals surface area contributed by atoms with Crippen molar-refractivity contribution in [2.24, 2.45) is 0 Å². The molecule has 0 aliphatic rings. The van der Waals surface area contributed by atoms with E-state index in [-0.39, 0.29) is 10.8 Å². The van der Waals surface area contributed by atoms with Crippen LogP contribution in [-0.4, -0.2) is 15.5 Å². The molecule has 0 atom stereocenters. The highest BCUT2D eigenvalue weighted by molar-refractivity contribution is 7.89. The van der Waals surface area contributed by atoms with Crippen LogP contribution in [0.3, 0.4) is 0 Å². The number of hydrogen-bond donors (Lipinski definition) is 1. The zero-order chi connectivity index (χ0) is 20.1. The molecule has 0 aliphatic carbocycles. The zero-order valence-corrected chi connectivity index (χ0v) is 17.1. The molecular formula is C23H25NO3S. The van der Waals surface area contributed by atoms with E-state index in [0.29, 0.717) is 5.75 Å². The molecule has 28 heavy (non-hydrogen) atoms. The molecule has 0 spiro atoms. The summed E-state index contributed by atoms with van der Waals surface area (Å²) >= 11 is 0. The lowest BCUT2D eigenvalue weighted by molar-refractivity contribution is 0.401. The summed E-state index contributed by atoms with van der Waals surface area (Å²) in [6, 6.07) is 23.9. The maximum atomic E-state index is 13.4. The van der Waals surface area contributed by atoms with E-state index in [1.165, 1.54) is 7.11 Å². The third kappa shape index (κ3) is 4.43. The van der Waals surface area contributed by atoms with Crippen LogP contribution >= 0.6 is 0 Å². The lowest BCUT2D eigenvalue weighted by atomic mass is 10.00. The van der Waals surface area contributed by atoms with Crippen LogP contribution < -0.4 is 9.46 Å². The largest absolute Gasteiger partial charge is 0.495 e. The molecule has 0 amide bonds. The molecule has 0 aliphatic heterocycles. The summed E-state index contributed by atoms with van der Waals surface area (Å²) in [5.41, 5.74) is 2.68. The molecule has 0 unspecified atom stereocenters. The highest BCUT2D eigenvalue weighted by Crippen LogP contribution is 2.30. The minimum absolute atomic E-state index is 0.151. The number of methoxy groups -OCH3 is 1. The quantitative estimate of drug-likeness (QED) is 0.620. The Bertz CT molecular complexity index is 977. The van der Waals surface area contributed by atoms with Crippen LogP contribution in [0.4, 0.5) is 0 Å². The van der Waals surface area contributed by atoms with Gasteiger partial charge >= 0.3 is 0 Å². The molecule has 146 valence electrons. The Hall–Kier alpha value is -2.63. The third-order valence-electron chi connectivity index (χ3n) is 4.68. The molecule has 3 aromatic carbocycles. The Morgan fingerprint density at radius 3 is 1.79 bits per heavy atom. The van der Waals surface area contributed by atoms with Gasteiger partial charge in [-0.3, -0.25) is 0 Å². The van der Waals surface area contributed by atoms with Crippen LogP contribution in [0.5, 0.6) is 5.75 Å². The van der Waals surface area contributed by atoms with Crippen LogP contribution in [0, 0.1) is 0 Å². The summed E-state index contributed by atoms with van der Waals surface area (Å²) in [7, 11) is -2.35. The van der Waals surface area contributed by atoms with E-state index in [4.69, 9.17) is 4.74 Å². The van der Waals surface area contributed by atoms with E-state index in [2.05, 4.69) is 4.72 Å². The van der Waals surface area contributed by atoms with Gasteiger partial charge in [0.05, 0.1) is 13.2 Å². The molecular weight excluding hydrogens is 370 g/mol. The van der Waals surface area contributed by atoms with Crippen molar-refractivity contribution in [2.45, 2.75) is 30.7 Å². The van der Waals surface area contributed by atoms with E-state index in [9.17, 15) is 8.42 Å². The molecule has 0 fully saturated rings. The molecule has 0 saturated heterocycles. The average molecular weight is 396 g/mol. The van der Waals surface area contributed by atoms with Crippen LogP contribution in [-0.2, 0) is 10.0 Å². The highest BCUT2D eigenvalue weighted by atomic mass is 32.2. The second-order valence-electron chi connectivity index (χ2n) is 6.94. The maximum Gasteiger partial charge on any atom is 0.245 e. The lowest BCUT2D eigenvalue weighted by Gasteiger charge is -2.21. The first kappa shape index (κ1) is 20.1. The van der Waals surface area contributed by atoms with Gasteiger partial charge in [0.1, 0.15) is 10.6 Å². The van der Waals surface area contributed by atoms with E-state index < -0.39 is 16.1 Å². The molecule has 0 saturated carbocycles. The summed E-state index contributed by atoms with van der Waals surface area (Å²) < 4.78 is 34.9. The van der Waals surface area contributed by atoms with Crippen molar-refractivity contribution in [3.63, 3.8) is 0 Å². The SMILES string of the molecule is COc1ccc(C(C)C)cc1S(=O)(=O)NC(c1ccccc1)c1ccccc1. The molecule has 5 heteroatoms. The molecule has 4 nitrogen and oxygen atoms in total. The molecule has 0 bridgehead atoms. The fourth-order valence-electron chi connectivity index (χ4n) is 3.10. The maximum absolute atomic E-state index is 13.4. The monoisotopic (exact) mass is 395 g/mol. The lowest BCUT2D eigenvalue weighted by Crippen LogP contribution is -2.30. The standard InChI is InChI=1S/C23H25NO3S/c1-17(2)20-14-15-21(27-3)22(16-20)28(25,26)24-23(18-10-6-4-7-11-18)19-12-8-5-9-13-19/h4-17,23-24H,1-3H3. The third-order valence-corrected chi connectivity index (χ3v) is 6.13. The van der Waals surface area contributed by atoms with Crippen molar-refractivity contribution in [1.29, 1.82) is 0 Å². The van der Waals surface area contributed by atoms with Crippen molar-refractivity contribution in [1.82, 2.24) is 4.72 Å². The second kappa shape index (κ2) is 8.59. The van der Waals surface area contributed by atoms with Gasteiger partial charge < -0.3 is 4.74 Å². The highest BCUT2D eigenvalue weighted by Gasteiger charge is 2.26. The predicted molar refractivity (Wildman–Crippen MR) is 112 cm³/mol. The van der Waals surface area contributed by atoms with Gasteiger partial charge in [0.2, 0.25) is 10.0 Å². The van der Waals surface area contributed by atoms with Crippen LogP contribution in [0.2, 0.25) is 0 Å². The van der Waals surface area contributed by atoms with Crippen molar-refractivity contribution in [2.75, 3.05) is 7.11 Å². The number of rotatable bonds is 7. The van der Waals surface area contributed by atoms with Crippen LogP contribution in [0.25, 0.3) is 0 Å². The second-order valence-corrected chi connectivity index (χ2v) is 8.62. The Labute approximate surface area is 167 Å². The first-order valence-electron chi connectivity index (χ1n) is 9.22. The summed E-state index contributed by atoms with van der Waals surface area (Å²) in [6.45, 7) is 4.06. The summed E-state index contributed by atoms with van der Waals surface area (Å²) in [4.78, 5) is 0.151. The van der Waals surface area contributed by atoms with Crippen molar-refractivity contribution >= 4 is 10.0 Å². The van der Waals surface area contributed by atoms with Gasteiger partial charge in [-0.2, -0.15) is 4.72 Å². The van der Waals surface area contributed by atoms with Crippen LogP contribution in [0.15, 0.2) is 83.8 Å². The van der Waals surface area contributed by atoms with E-state index in [1.54, 1.807) is 12.1 Å². The molecule has 0 heterocycles. The van der Waals surface area contributed by atoms with Gasteiger partial charge in [0.15, 0.2) is 0 Å². The summed E-state index contributed by atoms with van der Waals surface area (Å²) in [5, 5.41) is 0. The fourth-order valence-corrected chi connectivity index (χ4v) is 4.52. The van der Waals surface area contributed by atoms with E-state index in [0.717, 1.165) is 16.7 Å². The Balaban J connectivity index is 2.07. The van der Waals surface area contributed by atoms with Crippen LogP contribution in [0.1, 0.15) is 42.5 Å². The van der Waals surface area contributed by atoms with E-state index in [1.807, 2.05) is 80.6 Å². The number of benzene rings is 3. The fraction of sp³-hybridized carbons (Fsp3) is 0.217.